The molecule has 2 aromatic carbocycles. The van der Waals surface area contributed by atoms with Gasteiger partial charge in [-0.2, -0.15) is 13.2 Å². The fourth-order valence-corrected chi connectivity index (χ4v) is 2.36. The van der Waals surface area contributed by atoms with Crippen molar-refractivity contribution < 1.29 is 22.7 Å². The fraction of sp³-hybridized carbons (Fsp3) is 0.111. The zero-order valence-electron chi connectivity index (χ0n) is 13.1. The number of hydrogen-bond donors (Lipinski definition) is 1. The van der Waals surface area contributed by atoms with Gasteiger partial charge in [0, 0.05) is 0 Å². The highest BCUT2D eigenvalue weighted by atomic mass is 19.4. The molecule has 3 aromatic rings. The van der Waals surface area contributed by atoms with Gasteiger partial charge in [-0.25, -0.2) is 9.78 Å². The predicted molar refractivity (Wildman–Crippen MR) is 87.8 cm³/mol. The SMILES string of the molecule is COC(=O)c1cccc2[nH]c(/C=C/c3ccc(C(F)(F)F)cc3)nc12. The summed E-state index contributed by atoms with van der Waals surface area (Å²) >= 11 is 0. The van der Waals surface area contributed by atoms with Crippen molar-refractivity contribution in [3.05, 3.63) is 65.0 Å². The lowest BCUT2D eigenvalue weighted by molar-refractivity contribution is -0.137. The third kappa shape index (κ3) is 3.55. The number of imidazole rings is 1. The zero-order chi connectivity index (χ0) is 18.0. The Morgan fingerprint density at radius 3 is 2.48 bits per heavy atom. The maximum absolute atomic E-state index is 12.6. The van der Waals surface area contributed by atoms with Crippen LogP contribution in [0.2, 0.25) is 0 Å². The summed E-state index contributed by atoms with van der Waals surface area (Å²) < 4.78 is 42.4. The maximum Gasteiger partial charge on any atom is 0.416 e. The van der Waals surface area contributed by atoms with Gasteiger partial charge in [-0.15, -0.1) is 0 Å². The van der Waals surface area contributed by atoms with Crippen LogP contribution in [0.5, 0.6) is 0 Å². The van der Waals surface area contributed by atoms with Crippen molar-refractivity contribution >= 4 is 29.2 Å². The Bertz CT molecular complexity index is 941. The molecular formula is C18H13F3N2O2. The first-order valence-electron chi connectivity index (χ1n) is 7.31. The summed E-state index contributed by atoms with van der Waals surface area (Å²) in [5.74, 6) is -0.0124. The van der Waals surface area contributed by atoms with Crippen LogP contribution >= 0.6 is 0 Å². The average molecular weight is 346 g/mol. The van der Waals surface area contributed by atoms with E-state index in [1.807, 2.05) is 0 Å². The topological polar surface area (TPSA) is 55.0 Å². The number of fused-ring (bicyclic) bond motifs is 1. The Morgan fingerprint density at radius 1 is 1.12 bits per heavy atom. The second kappa shape index (κ2) is 6.43. The van der Waals surface area contributed by atoms with Crippen LogP contribution in [0.1, 0.15) is 27.3 Å². The van der Waals surface area contributed by atoms with E-state index in [4.69, 9.17) is 4.74 Å². The Kier molecular flexibility index (Phi) is 4.31. The molecule has 0 aliphatic rings. The van der Waals surface area contributed by atoms with Crippen LogP contribution in [0.15, 0.2) is 42.5 Å². The third-order valence-corrected chi connectivity index (χ3v) is 3.61. The predicted octanol–water partition coefficient (Wildman–Crippen LogP) is 4.54. The second-order valence-electron chi connectivity index (χ2n) is 5.27. The molecule has 0 aliphatic heterocycles. The Hall–Kier alpha value is -3.09. The smallest absolute Gasteiger partial charge is 0.416 e. The van der Waals surface area contributed by atoms with Gasteiger partial charge in [-0.1, -0.05) is 24.3 Å². The van der Waals surface area contributed by atoms with Gasteiger partial charge in [0.05, 0.1) is 23.8 Å². The van der Waals surface area contributed by atoms with Crippen LogP contribution in [0, 0.1) is 0 Å². The molecule has 0 amide bonds. The largest absolute Gasteiger partial charge is 0.465 e. The number of alkyl halides is 3. The molecular weight excluding hydrogens is 333 g/mol. The van der Waals surface area contributed by atoms with Gasteiger partial charge >= 0.3 is 12.1 Å². The van der Waals surface area contributed by atoms with Crippen molar-refractivity contribution in [2.24, 2.45) is 0 Å². The molecule has 0 aliphatic carbocycles. The molecule has 25 heavy (non-hydrogen) atoms. The molecule has 3 rings (SSSR count). The van der Waals surface area contributed by atoms with E-state index in [1.165, 1.54) is 19.2 Å². The van der Waals surface area contributed by atoms with Crippen LogP contribution in [0.4, 0.5) is 13.2 Å². The summed E-state index contributed by atoms with van der Waals surface area (Å²) in [6.07, 6.45) is -1.09. The highest BCUT2D eigenvalue weighted by molar-refractivity contribution is 6.02. The Morgan fingerprint density at radius 2 is 1.84 bits per heavy atom. The van der Waals surface area contributed by atoms with E-state index in [0.29, 0.717) is 28.0 Å². The van der Waals surface area contributed by atoms with Crippen LogP contribution in [0.3, 0.4) is 0 Å². The molecule has 0 bridgehead atoms. The van der Waals surface area contributed by atoms with Gasteiger partial charge in [-0.05, 0) is 35.9 Å². The summed E-state index contributed by atoms with van der Waals surface area (Å²) in [7, 11) is 1.29. The molecule has 0 spiro atoms. The number of aromatic nitrogens is 2. The van der Waals surface area contributed by atoms with E-state index in [-0.39, 0.29) is 0 Å². The van der Waals surface area contributed by atoms with Crippen LogP contribution < -0.4 is 0 Å². The number of H-pyrrole nitrogens is 1. The number of ether oxygens (including phenoxy) is 1. The normalized spacial score (nSPS) is 12.0. The summed E-state index contributed by atoms with van der Waals surface area (Å²) in [5.41, 5.74) is 1.37. The standard InChI is InChI=1S/C18H13F3N2O2/c1-25-17(24)13-3-2-4-14-16(13)23-15(22-14)10-7-11-5-8-12(9-6-11)18(19,20)21/h2-10H,1H3,(H,22,23)/b10-7+. The fourth-order valence-electron chi connectivity index (χ4n) is 2.36. The summed E-state index contributed by atoms with van der Waals surface area (Å²) in [6, 6.07) is 9.88. The second-order valence-corrected chi connectivity index (χ2v) is 5.27. The number of nitrogens with one attached hydrogen (secondary N) is 1. The highest BCUT2D eigenvalue weighted by Crippen LogP contribution is 2.29. The summed E-state index contributed by atoms with van der Waals surface area (Å²) in [6.45, 7) is 0. The zero-order valence-corrected chi connectivity index (χ0v) is 13.1. The number of carbonyl (C=O) groups is 1. The van der Waals surface area contributed by atoms with E-state index in [1.54, 1.807) is 30.4 Å². The minimum Gasteiger partial charge on any atom is -0.465 e. The van der Waals surface area contributed by atoms with Crippen LogP contribution in [-0.4, -0.2) is 23.0 Å². The molecule has 0 unspecified atom stereocenters. The lowest BCUT2D eigenvalue weighted by Gasteiger charge is -2.05. The van der Waals surface area contributed by atoms with Crippen molar-refractivity contribution in [3.8, 4) is 0 Å². The molecule has 1 heterocycles. The number of carbonyl (C=O) groups excluding carboxylic acids is 1. The third-order valence-electron chi connectivity index (χ3n) is 3.61. The van der Waals surface area contributed by atoms with Crippen LogP contribution in [0.25, 0.3) is 23.2 Å². The van der Waals surface area contributed by atoms with Crippen molar-refractivity contribution in [1.82, 2.24) is 9.97 Å². The number of benzene rings is 2. The first-order chi connectivity index (χ1) is 11.9. The quantitative estimate of drug-likeness (QED) is 0.709. The molecule has 1 N–H and O–H groups in total. The van der Waals surface area contributed by atoms with Crippen molar-refractivity contribution in [3.63, 3.8) is 0 Å². The van der Waals surface area contributed by atoms with Crippen molar-refractivity contribution in [2.45, 2.75) is 6.18 Å². The molecule has 0 radical (unpaired) electrons. The number of aromatic amines is 1. The molecule has 4 nitrogen and oxygen atoms in total. The average Bonchev–Trinajstić information content (AvgIpc) is 3.02. The number of para-hydroxylation sites is 1. The number of esters is 1. The number of halogens is 3. The summed E-state index contributed by atoms with van der Waals surface area (Å²) in [5, 5.41) is 0. The first-order valence-corrected chi connectivity index (χ1v) is 7.31. The van der Waals surface area contributed by atoms with Gasteiger partial charge in [0.15, 0.2) is 0 Å². The number of methoxy groups -OCH3 is 1. The molecule has 1 aromatic heterocycles. The van der Waals surface area contributed by atoms with Gasteiger partial charge in [0.1, 0.15) is 11.3 Å². The molecule has 128 valence electrons. The van der Waals surface area contributed by atoms with Crippen molar-refractivity contribution in [2.75, 3.05) is 7.11 Å². The maximum atomic E-state index is 12.6. The summed E-state index contributed by atoms with van der Waals surface area (Å²) in [4.78, 5) is 19.1. The van der Waals surface area contributed by atoms with Gasteiger partial charge in [-0.3, -0.25) is 0 Å². The van der Waals surface area contributed by atoms with E-state index in [0.717, 1.165) is 12.1 Å². The number of rotatable bonds is 3. The van der Waals surface area contributed by atoms with Gasteiger partial charge in [0.2, 0.25) is 0 Å². The van der Waals surface area contributed by atoms with E-state index >= 15 is 0 Å². The Labute approximate surface area is 141 Å². The monoisotopic (exact) mass is 346 g/mol. The molecule has 7 heteroatoms. The van der Waals surface area contributed by atoms with Gasteiger partial charge in [0.25, 0.3) is 0 Å². The highest BCUT2D eigenvalue weighted by Gasteiger charge is 2.29. The van der Waals surface area contributed by atoms with Gasteiger partial charge < -0.3 is 9.72 Å². The minimum absolute atomic E-state index is 0.338. The lowest BCUT2D eigenvalue weighted by atomic mass is 10.1. The number of hydrogen-bond acceptors (Lipinski definition) is 3. The molecule has 0 fully saturated rings. The van der Waals surface area contributed by atoms with Crippen molar-refractivity contribution in [1.29, 1.82) is 0 Å². The molecule has 0 saturated carbocycles. The Balaban J connectivity index is 1.88. The van der Waals surface area contributed by atoms with E-state index in [2.05, 4.69) is 9.97 Å². The molecule has 0 saturated heterocycles. The van der Waals surface area contributed by atoms with Crippen LogP contribution in [-0.2, 0) is 10.9 Å². The van der Waals surface area contributed by atoms with E-state index in [9.17, 15) is 18.0 Å². The van der Waals surface area contributed by atoms with E-state index < -0.39 is 17.7 Å². The first kappa shape index (κ1) is 16.8. The number of nitrogens with zero attached hydrogens (tertiary/aromatic N) is 1. The lowest BCUT2D eigenvalue weighted by Crippen LogP contribution is -2.03. The minimum atomic E-state index is -4.36. The molecule has 0 atom stereocenters.